The van der Waals surface area contributed by atoms with Crippen LogP contribution in [0, 0.1) is 13.8 Å². The van der Waals surface area contributed by atoms with E-state index in [1.54, 1.807) is 9.58 Å². The fraction of sp³-hybridized carbons (Fsp3) is 0.370. The molecular weight excluding hydrogens is 485 g/mol. The molecule has 3 aromatic rings. The van der Waals surface area contributed by atoms with Crippen LogP contribution in [0.5, 0.6) is 5.75 Å². The lowest BCUT2D eigenvalue weighted by molar-refractivity contribution is -0.274. The van der Waals surface area contributed by atoms with E-state index < -0.39 is 18.0 Å². The second kappa shape index (κ2) is 10.7. The number of hydrogen-bond donors (Lipinski definition) is 1. The normalized spacial score (nSPS) is 14.5. The summed E-state index contributed by atoms with van der Waals surface area (Å²) in [4.78, 5) is 27.0. The number of hydrogen-bond acceptors (Lipinski definition) is 4. The molecule has 0 radical (unpaired) electrons. The van der Waals surface area contributed by atoms with E-state index in [1.165, 1.54) is 18.2 Å². The van der Waals surface area contributed by atoms with Crippen LogP contribution in [-0.4, -0.2) is 45.9 Å². The summed E-state index contributed by atoms with van der Waals surface area (Å²) in [6.07, 6.45) is -3.26. The van der Waals surface area contributed by atoms with Crippen LogP contribution in [-0.2, 0) is 18.3 Å². The van der Waals surface area contributed by atoms with Crippen molar-refractivity contribution in [3.05, 3.63) is 76.6 Å². The molecule has 0 saturated carbocycles. The van der Waals surface area contributed by atoms with Crippen LogP contribution >= 0.6 is 0 Å². The van der Waals surface area contributed by atoms with Gasteiger partial charge in [0.25, 0.3) is 5.91 Å². The molecular formula is C27H29F3N4O3. The summed E-state index contributed by atoms with van der Waals surface area (Å²) in [6.45, 7) is 4.67. The van der Waals surface area contributed by atoms with Crippen molar-refractivity contribution >= 4 is 17.5 Å². The lowest BCUT2D eigenvalue weighted by Crippen LogP contribution is -2.38. The van der Waals surface area contributed by atoms with E-state index in [4.69, 9.17) is 0 Å². The van der Waals surface area contributed by atoms with E-state index in [-0.39, 0.29) is 23.8 Å². The number of carbonyl (C=O) groups excluding carboxylic acids is 2. The Bertz CT molecular complexity index is 1280. The Balaban J connectivity index is 1.33. The van der Waals surface area contributed by atoms with Crippen molar-refractivity contribution in [2.75, 3.05) is 18.4 Å². The summed E-state index contributed by atoms with van der Waals surface area (Å²) < 4.78 is 44.0. The van der Waals surface area contributed by atoms with Crippen molar-refractivity contribution in [2.24, 2.45) is 7.05 Å². The minimum absolute atomic E-state index is 0.102. The standard InChI is InChI=1S/C27H29F3N4O3/c1-17-23(18(2)33(3)32-17)16-25(35)31-21-10-8-19(9-11-21)20-12-14-34(15-13-20)26(36)22-6-4-5-7-24(22)37-27(28,29)30/h4-11,20H,12-16H2,1-3H3,(H,31,35). The topological polar surface area (TPSA) is 76.5 Å². The molecule has 2 amide bonds. The molecule has 0 unspecified atom stereocenters. The first-order valence-electron chi connectivity index (χ1n) is 12.0. The number of aromatic nitrogens is 2. The molecule has 37 heavy (non-hydrogen) atoms. The summed E-state index contributed by atoms with van der Waals surface area (Å²) >= 11 is 0. The van der Waals surface area contributed by atoms with Gasteiger partial charge in [-0.25, -0.2) is 0 Å². The number of rotatable bonds is 6. The average molecular weight is 515 g/mol. The lowest BCUT2D eigenvalue weighted by Gasteiger charge is -2.32. The Morgan fingerprint density at radius 3 is 2.30 bits per heavy atom. The minimum atomic E-state index is -4.87. The highest BCUT2D eigenvalue weighted by Gasteiger charge is 2.34. The van der Waals surface area contributed by atoms with Gasteiger partial charge in [0.2, 0.25) is 5.91 Å². The molecule has 2 heterocycles. The third-order valence-electron chi connectivity index (χ3n) is 6.79. The molecule has 0 spiro atoms. The number of aryl methyl sites for hydroxylation is 2. The van der Waals surface area contributed by atoms with Crippen molar-refractivity contribution in [3.8, 4) is 5.75 Å². The highest BCUT2D eigenvalue weighted by Crippen LogP contribution is 2.32. The summed E-state index contributed by atoms with van der Waals surface area (Å²) in [5.74, 6) is -0.881. The Morgan fingerprint density at radius 1 is 1.05 bits per heavy atom. The largest absolute Gasteiger partial charge is 0.573 e. The van der Waals surface area contributed by atoms with Gasteiger partial charge < -0.3 is 15.0 Å². The number of amides is 2. The predicted octanol–water partition coefficient (Wildman–Crippen LogP) is 5.14. The number of benzene rings is 2. The number of anilines is 1. The highest BCUT2D eigenvalue weighted by molar-refractivity contribution is 5.97. The molecule has 2 aromatic carbocycles. The number of nitrogens with one attached hydrogen (secondary N) is 1. The highest BCUT2D eigenvalue weighted by atomic mass is 19.4. The molecule has 1 fully saturated rings. The summed E-state index contributed by atoms with van der Waals surface area (Å²) in [6, 6.07) is 13.1. The number of piperidine rings is 1. The number of nitrogens with zero attached hydrogens (tertiary/aromatic N) is 3. The Kier molecular flexibility index (Phi) is 7.56. The Morgan fingerprint density at radius 2 is 1.70 bits per heavy atom. The van der Waals surface area contributed by atoms with E-state index in [0.717, 1.165) is 28.6 Å². The molecule has 1 saturated heterocycles. The fourth-order valence-corrected chi connectivity index (χ4v) is 4.72. The number of para-hydroxylation sites is 1. The van der Waals surface area contributed by atoms with E-state index >= 15 is 0 Å². The monoisotopic (exact) mass is 514 g/mol. The van der Waals surface area contributed by atoms with Gasteiger partial charge >= 0.3 is 6.36 Å². The predicted molar refractivity (Wildman–Crippen MR) is 132 cm³/mol. The van der Waals surface area contributed by atoms with Crippen molar-refractivity contribution in [1.29, 1.82) is 0 Å². The third kappa shape index (κ3) is 6.31. The van der Waals surface area contributed by atoms with Crippen molar-refractivity contribution in [3.63, 3.8) is 0 Å². The zero-order valence-electron chi connectivity index (χ0n) is 20.9. The molecule has 10 heteroatoms. The maximum atomic E-state index is 12.9. The molecule has 196 valence electrons. The second-order valence-corrected chi connectivity index (χ2v) is 9.23. The minimum Gasteiger partial charge on any atom is -0.405 e. The molecule has 1 N–H and O–H groups in total. The van der Waals surface area contributed by atoms with E-state index in [1.807, 2.05) is 45.2 Å². The van der Waals surface area contributed by atoms with Crippen LogP contribution in [0.4, 0.5) is 18.9 Å². The Hall–Kier alpha value is -3.82. The van der Waals surface area contributed by atoms with Crippen LogP contribution in [0.25, 0.3) is 0 Å². The van der Waals surface area contributed by atoms with Crippen molar-refractivity contribution in [2.45, 2.75) is 45.4 Å². The fourth-order valence-electron chi connectivity index (χ4n) is 4.72. The van der Waals surface area contributed by atoms with Crippen LogP contribution in [0.2, 0.25) is 0 Å². The van der Waals surface area contributed by atoms with E-state index in [9.17, 15) is 22.8 Å². The van der Waals surface area contributed by atoms with Crippen LogP contribution in [0.1, 0.15) is 51.6 Å². The van der Waals surface area contributed by atoms with Crippen LogP contribution in [0.15, 0.2) is 48.5 Å². The van der Waals surface area contributed by atoms with Crippen LogP contribution in [0.3, 0.4) is 0 Å². The summed E-state index contributed by atoms with van der Waals surface area (Å²) in [5, 5.41) is 7.27. The maximum Gasteiger partial charge on any atom is 0.573 e. The van der Waals surface area contributed by atoms with Gasteiger partial charge in [-0.2, -0.15) is 5.10 Å². The summed E-state index contributed by atoms with van der Waals surface area (Å²) in [7, 11) is 1.85. The van der Waals surface area contributed by atoms with Gasteiger partial charge in [-0.05, 0) is 62.4 Å². The first kappa shape index (κ1) is 26.2. The number of carbonyl (C=O) groups is 2. The van der Waals surface area contributed by atoms with Gasteiger partial charge in [0, 0.05) is 37.1 Å². The number of halogens is 3. The van der Waals surface area contributed by atoms with Gasteiger partial charge in [0.1, 0.15) is 5.75 Å². The van der Waals surface area contributed by atoms with Gasteiger partial charge in [0.15, 0.2) is 0 Å². The molecule has 0 atom stereocenters. The zero-order valence-corrected chi connectivity index (χ0v) is 20.9. The molecule has 0 aliphatic carbocycles. The molecule has 4 rings (SSSR count). The van der Waals surface area contributed by atoms with Gasteiger partial charge in [-0.3, -0.25) is 14.3 Å². The molecule has 1 aliphatic heterocycles. The van der Waals surface area contributed by atoms with E-state index in [0.29, 0.717) is 31.6 Å². The molecule has 1 aromatic heterocycles. The van der Waals surface area contributed by atoms with E-state index in [2.05, 4.69) is 15.2 Å². The second-order valence-electron chi connectivity index (χ2n) is 9.23. The first-order chi connectivity index (χ1) is 17.5. The van der Waals surface area contributed by atoms with Crippen molar-refractivity contribution < 1.29 is 27.5 Å². The first-order valence-corrected chi connectivity index (χ1v) is 12.0. The number of ether oxygens (including phenoxy) is 1. The van der Waals surface area contributed by atoms with Gasteiger partial charge in [-0.1, -0.05) is 24.3 Å². The molecule has 0 bridgehead atoms. The third-order valence-corrected chi connectivity index (χ3v) is 6.79. The van der Waals surface area contributed by atoms with Gasteiger partial charge in [-0.15, -0.1) is 13.2 Å². The molecule has 1 aliphatic rings. The maximum absolute atomic E-state index is 12.9. The quantitative estimate of drug-likeness (QED) is 0.495. The lowest BCUT2D eigenvalue weighted by atomic mass is 9.89. The summed E-state index contributed by atoms with van der Waals surface area (Å²) in [5.41, 5.74) is 4.41. The zero-order chi connectivity index (χ0) is 26.7. The van der Waals surface area contributed by atoms with Gasteiger partial charge in [0.05, 0.1) is 17.7 Å². The smallest absolute Gasteiger partial charge is 0.405 e. The Labute approximate surface area is 213 Å². The molecule has 7 nitrogen and oxygen atoms in total. The number of likely N-dealkylation sites (tertiary alicyclic amines) is 1. The average Bonchev–Trinajstić information content (AvgIpc) is 3.09. The van der Waals surface area contributed by atoms with Crippen LogP contribution < -0.4 is 10.1 Å². The van der Waals surface area contributed by atoms with Crippen molar-refractivity contribution in [1.82, 2.24) is 14.7 Å². The SMILES string of the molecule is Cc1nn(C)c(C)c1CC(=O)Nc1ccc(C2CCN(C(=O)c3ccccc3OC(F)(F)F)CC2)cc1. The number of alkyl halides is 3.